The predicted molar refractivity (Wildman–Crippen MR) is 70.4 cm³/mol. The molecule has 0 aliphatic heterocycles. The van der Waals surface area contributed by atoms with E-state index in [4.69, 9.17) is 27.3 Å². The zero-order valence-corrected chi connectivity index (χ0v) is 10.6. The number of methoxy groups -OCH3 is 1. The summed E-state index contributed by atoms with van der Waals surface area (Å²) >= 11 is 7.37. The molecule has 2 rings (SSSR count). The van der Waals surface area contributed by atoms with Gasteiger partial charge < -0.3 is 10.5 Å². The van der Waals surface area contributed by atoms with Crippen LogP contribution in [0.4, 0.5) is 5.69 Å². The molecule has 0 bridgehead atoms. The number of nitriles is 1. The van der Waals surface area contributed by atoms with Crippen LogP contribution in [-0.2, 0) is 0 Å². The van der Waals surface area contributed by atoms with Gasteiger partial charge in [0, 0.05) is 10.9 Å². The summed E-state index contributed by atoms with van der Waals surface area (Å²) in [5.74, 6) is 0.615. The maximum Gasteiger partial charge on any atom is 0.137 e. The van der Waals surface area contributed by atoms with E-state index in [1.807, 2.05) is 11.4 Å². The zero-order valence-electron chi connectivity index (χ0n) is 9.03. The minimum absolute atomic E-state index is 0.499. The van der Waals surface area contributed by atoms with Gasteiger partial charge in [0.25, 0.3) is 0 Å². The van der Waals surface area contributed by atoms with Gasteiger partial charge in [0.15, 0.2) is 0 Å². The van der Waals surface area contributed by atoms with Gasteiger partial charge in [-0.3, -0.25) is 0 Å². The van der Waals surface area contributed by atoms with Gasteiger partial charge in [0.2, 0.25) is 0 Å². The molecule has 1 aromatic heterocycles. The summed E-state index contributed by atoms with van der Waals surface area (Å²) in [7, 11) is 1.56. The zero-order chi connectivity index (χ0) is 12.4. The van der Waals surface area contributed by atoms with Gasteiger partial charge in [-0.15, -0.1) is 11.3 Å². The van der Waals surface area contributed by atoms with Crippen LogP contribution < -0.4 is 10.5 Å². The standard InChI is InChI=1S/C12H9ClN2OS/c1-16-10-3-2-7(4-9(10)13)8-6-17-11(5-14)12(8)15/h2-4,6H,15H2,1H3. The lowest BCUT2D eigenvalue weighted by atomic mass is 10.1. The van der Waals surface area contributed by atoms with Gasteiger partial charge in [0.05, 0.1) is 17.8 Å². The van der Waals surface area contributed by atoms with Crippen LogP contribution in [0.5, 0.6) is 5.75 Å². The maximum atomic E-state index is 8.85. The summed E-state index contributed by atoms with van der Waals surface area (Å²) in [6, 6.07) is 7.48. The Bertz CT molecular complexity index is 601. The largest absolute Gasteiger partial charge is 0.495 e. The maximum absolute atomic E-state index is 8.85. The van der Waals surface area contributed by atoms with Crippen LogP contribution in [0.3, 0.4) is 0 Å². The van der Waals surface area contributed by atoms with Crippen LogP contribution in [0, 0.1) is 11.3 Å². The fourth-order valence-corrected chi connectivity index (χ4v) is 2.56. The van der Waals surface area contributed by atoms with Crippen molar-refractivity contribution in [3.05, 3.63) is 33.5 Å². The third kappa shape index (κ3) is 2.07. The second kappa shape index (κ2) is 4.66. The molecular formula is C12H9ClN2OS. The van der Waals surface area contributed by atoms with Crippen LogP contribution in [0.2, 0.25) is 5.02 Å². The molecule has 0 fully saturated rings. The van der Waals surface area contributed by atoms with E-state index in [2.05, 4.69) is 6.07 Å². The number of halogens is 1. The van der Waals surface area contributed by atoms with Gasteiger partial charge in [0.1, 0.15) is 16.7 Å². The highest BCUT2D eigenvalue weighted by molar-refractivity contribution is 7.11. The molecular weight excluding hydrogens is 256 g/mol. The quantitative estimate of drug-likeness (QED) is 0.903. The van der Waals surface area contributed by atoms with Crippen LogP contribution in [0.25, 0.3) is 11.1 Å². The Morgan fingerprint density at radius 1 is 1.47 bits per heavy atom. The Morgan fingerprint density at radius 3 is 2.76 bits per heavy atom. The number of nitrogen functional groups attached to an aromatic ring is 1. The lowest BCUT2D eigenvalue weighted by Gasteiger charge is -2.05. The molecule has 0 amide bonds. The molecule has 1 heterocycles. The average molecular weight is 265 g/mol. The number of hydrogen-bond acceptors (Lipinski definition) is 4. The van der Waals surface area contributed by atoms with E-state index in [0.717, 1.165) is 11.1 Å². The molecule has 0 saturated carbocycles. The number of benzene rings is 1. The van der Waals surface area contributed by atoms with Crippen molar-refractivity contribution in [2.45, 2.75) is 0 Å². The summed E-state index contributed by atoms with van der Waals surface area (Å²) in [5.41, 5.74) is 8.09. The van der Waals surface area contributed by atoms with Crippen LogP contribution in [0.15, 0.2) is 23.6 Å². The molecule has 0 spiro atoms. The van der Waals surface area contributed by atoms with E-state index in [-0.39, 0.29) is 0 Å². The molecule has 1 aromatic carbocycles. The molecule has 0 saturated heterocycles. The van der Waals surface area contributed by atoms with Gasteiger partial charge in [-0.25, -0.2) is 0 Å². The Morgan fingerprint density at radius 2 is 2.24 bits per heavy atom. The van der Waals surface area contributed by atoms with Crippen molar-refractivity contribution in [3.8, 4) is 22.9 Å². The van der Waals surface area contributed by atoms with E-state index in [0.29, 0.717) is 21.3 Å². The normalized spacial score (nSPS) is 9.94. The molecule has 0 radical (unpaired) electrons. The number of ether oxygens (including phenoxy) is 1. The van der Waals surface area contributed by atoms with Crippen LogP contribution >= 0.6 is 22.9 Å². The third-order valence-electron chi connectivity index (χ3n) is 2.39. The third-order valence-corrected chi connectivity index (χ3v) is 3.59. The summed E-state index contributed by atoms with van der Waals surface area (Å²) in [4.78, 5) is 0.520. The predicted octanol–water partition coefficient (Wildman–Crippen LogP) is 3.53. The number of hydrogen-bond donors (Lipinski definition) is 1. The van der Waals surface area contributed by atoms with Crippen molar-refractivity contribution >= 4 is 28.6 Å². The lowest BCUT2D eigenvalue weighted by Crippen LogP contribution is -1.89. The molecule has 3 nitrogen and oxygen atoms in total. The van der Waals surface area contributed by atoms with Crippen molar-refractivity contribution in [1.82, 2.24) is 0 Å². The van der Waals surface area contributed by atoms with Crippen molar-refractivity contribution in [1.29, 1.82) is 5.26 Å². The first-order valence-electron chi connectivity index (χ1n) is 4.78. The van der Waals surface area contributed by atoms with E-state index in [1.54, 1.807) is 19.2 Å². The van der Waals surface area contributed by atoms with Crippen molar-refractivity contribution in [2.24, 2.45) is 0 Å². The number of nitrogens with two attached hydrogens (primary N) is 1. The molecule has 17 heavy (non-hydrogen) atoms. The SMILES string of the molecule is COc1ccc(-c2csc(C#N)c2N)cc1Cl. The first-order valence-corrected chi connectivity index (χ1v) is 6.04. The van der Waals surface area contributed by atoms with E-state index < -0.39 is 0 Å². The van der Waals surface area contributed by atoms with Crippen LogP contribution in [0.1, 0.15) is 4.88 Å². The summed E-state index contributed by atoms with van der Waals surface area (Å²) < 4.78 is 5.08. The van der Waals surface area contributed by atoms with Gasteiger partial charge in [-0.05, 0) is 17.7 Å². The van der Waals surface area contributed by atoms with Crippen molar-refractivity contribution in [3.63, 3.8) is 0 Å². The molecule has 0 atom stereocenters. The number of rotatable bonds is 2. The Kier molecular flexibility index (Phi) is 3.23. The highest BCUT2D eigenvalue weighted by Gasteiger charge is 2.11. The topological polar surface area (TPSA) is 59.0 Å². The number of anilines is 1. The molecule has 2 aromatic rings. The van der Waals surface area contributed by atoms with E-state index >= 15 is 0 Å². The second-order valence-corrected chi connectivity index (χ2v) is 4.64. The molecule has 0 aliphatic carbocycles. The summed E-state index contributed by atoms with van der Waals surface area (Å²) in [6.07, 6.45) is 0. The van der Waals surface area contributed by atoms with Crippen LogP contribution in [-0.4, -0.2) is 7.11 Å². The molecule has 0 unspecified atom stereocenters. The molecule has 2 N–H and O–H groups in total. The van der Waals surface area contributed by atoms with Gasteiger partial charge in [-0.2, -0.15) is 5.26 Å². The van der Waals surface area contributed by atoms with Gasteiger partial charge in [-0.1, -0.05) is 17.7 Å². The lowest BCUT2D eigenvalue weighted by molar-refractivity contribution is 0.415. The average Bonchev–Trinajstić information content (AvgIpc) is 2.70. The Labute approximate surface area is 108 Å². The first kappa shape index (κ1) is 11.8. The molecule has 86 valence electrons. The fourth-order valence-electron chi connectivity index (χ4n) is 1.51. The Balaban J connectivity index is 2.51. The van der Waals surface area contributed by atoms with Crippen molar-refractivity contribution < 1.29 is 4.74 Å². The smallest absolute Gasteiger partial charge is 0.137 e. The Hall–Kier alpha value is -1.70. The summed E-state index contributed by atoms with van der Waals surface area (Å²) in [6.45, 7) is 0. The minimum Gasteiger partial charge on any atom is -0.495 e. The number of thiophene rings is 1. The monoisotopic (exact) mass is 264 g/mol. The van der Waals surface area contributed by atoms with Crippen molar-refractivity contribution in [2.75, 3.05) is 12.8 Å². The molecule has 5 heteroatoms. The highest BCUT2D eigenvalue weighted by atomic mass is 35.5. The first-order chi connectivity index (χ1) is 8.17. The minimum atomic E-state index is 0.499. The molecule has 0 aliphatic rings. The second-order valence-electron chi connectivity index (χ2n) is 3.35. The fraction of sp³-hybridized carbons (Fsp3) is 0.0833. The van der Waals surface area contributed by atoms with E-state index in [1.165, 1.54) is 11.3 Å². The van der Waals surface area contributed by atoms with Gasteiger partial charge >= 0.3 is 0 Å². The number of nitrogens with zero attached hydrogens (tertiary/aromatic N) is 1. The highest BCUT2D eigenvalue weighted by Crippen LogP contribution is 2.36. The summed E-state index contributed by atoms with van der Waals surface area (Å²) in [5, 5.41) is 11.2. The van der Waals surface area contributed by atoms with E-state index in [9.17, 15) is 0 Å².